The van der Waals surface area contributed by atoms with Crippen molar-refractivity contribution in [2.24, 2.45) is 17.3 Å². The number of piperazine rings is 1. The minimum absolute atomic E-state index is 0.327. The number of amides is 1. The van der Waals surface area contributed by atoms with Crippen LogP contribution in [0.2, 0.25) is 0 Å². The van der Waals surface area contributed by atoms with Gasteiger partial charge >= 0.3 is 0 Å². The molecule has 0 aromatic carbocycles. The highest BCUT2D eigenvalue weighted by Gasteiger charge is 2.57. The number of hydrogen-bond acceptors (Lipinski definition) is 2. The van der Waals surface area contributed by atoms with Crippen LogP contribution in [0.1, 0.15) is 44.9 Å². The highest BCUT2D eigenvalue weighted by atomic mass is 79.9. The van der Waals surface area contributed by atoms with Gasteiger partial charge in [-0.15, -0.1) is 0 Å². The number of hydrogen-bond donors (Lipinski definition) is 0. The van der Waals surface area contributed by atoms with Crippen LogP contribution in [0.3, 0.4) is 0 Å². The average Bonchev–Trinajstić information content (AvgIpc) is 2.35. The van der Waals surface area contributed by atoms with Gasteiger partial charge in [0.15, 0.2) is 0 Å². The molecule has 0 aromatic heterocycles. The Morgan fingerprint density at radius 3 is 2.29 bits per heavy atom. The molecule has 5 aliphatic rings. The monoisotopic (exact) mass is 354 g/mol. The summed E-state index contributed by atoms with van der Waals surface area (Å²) in [6.07, 6.45) is 8.83. The minimum Gasteiger partial charge on any atom is -0.340 e. The van der Waals surface area contributed by atoms with Crippen molar-refractivity contribution < 1.29 is 4.79 Å². The van der Waals surface area contributed by atoms with E-state index in [2.05, 4.69) is 32.8 Å². The maximum Gasteiger partial charge on any atom is 0.223 e. The Morgan fingerprint density at radius 1 is 1.10 bits per heavy atom. The molecule has 1 heterocycles. The average molecular weight is 355 g/mol. The second-order valence-corrected chi connectivity index (χ2v) is 10.2. The molecule has 1 amide bonds. The molecule has 1 saturated heterocycles. The van der Waals surface area contributed by atoms with Gasteiger partial charge in [0, 0.05) is 36.9 Å². The van der Waals surface area contributed by atoms with E-state index in [0.29, 0.717) is 15.6 Å². The van der Waals surface area contributed by atoms with E-state index in [1.807, 2.05) is 0 Å². The number of carbonyl (C=O) groups excluding carboxylic acids is 1. The van der Waals surface area contributed by atoms with E-state index in [9.17, 15) is 4.79 Å². The van der Waals surface area contributed by atoms with E-state index >= 15 is 0 Å². The summed E-state index contributed by atoms with van der Waals surface area (Å²) in [6.45, 7) is 3.92. The van der Waals surface area contributed by atoms with Gasteiger partial charge in [-0.3, -0.25) is 4.79 Å². The number of nitrogens with zero attached hydrogens (tertiary/aromatic N) is 2. The van der Waals surface area contributed by atoms with Crippen molar-refractivity contribution in [2.75, 3.05) is 33.2 Å². The smallest absolute Gasteiger partial charge is 0.223 e. The van der Waals surface area contributed by atoms with Crippen LogP contribution in [-0.2, 0) is 4.79 Å². The first-order valence-electron chi connectivity index (χ1n) is 8.61. The second kappa shape index (κ2) is 4.95. The largest absolute Gasteiger partial charge is 0.340 e. The molecular formula is C17H27BrN2O. The standard InChI is InChI=1S/C17H27BrN2O/c1-19-2-4-20(5-3-19)15(21)11-16-7-13-6-14(8-16)10-17(18,9-13)12-16/h13-14H,2-12H2,1H3. The van der Waals surface area contributed by atoms with Crippen LogP contribution in [-0.4, -0.2) is 53.3 Å². The maximum absolute atomic E-state index is 12.8. The summed E-state index contributed by atoms with van der Waals surface area (Å²) in [5, 5.41) is 0. The van der Waals surface area contributed by atoms with Crippen molar-refractivity contribution in [3.8, 4) is 0 Å². The quantitative estimate of drug-likeness (QED) is 0.711. The first kappa shape index (κ1) is 14.5. The van der Waals surface area contributed by atoms with E-state index in [1.165, 1.54) is 38.5 Å². The SMILES string of the molecule is CN1CCN(C(=O)CC23CC4CC(CC(Br)(C4)C2)C3)CC1. The van der Waals surface area contributed by atoms with Gasteiger partial charge in [0.25, 0.3) is 0 Å². The molecule has 118 valence electrons. The van der Waals surface area contributed by atoms with Crippen LogP contribution in [0.25, 0.3) is 0 Å². The highest BCUT2D eigenvalue weighted by molar-refractivity contribution is 9.10. The Hall–Kier alpha value is -0.0900. The Morgan fingerprint density at radius 2 is 1.71 bits per heavy atom. The summed E-state index contributed by atoms with van der Waals surface area (Å²) in [6, 6.07) is 0. The van der Waals surface area contributed by atoms with Crippen molar-refractivity contribution in [3.63, 3.8) is 0 Å². The highest BCUT2D eigenvalue weighted by Crippen LogP contribution is 2.65. The van der Waals surface area contributed by atoms with Gasteiger partial charge in [0.1, 0.15) is 0 Å². The van der Waals surface area contributed by atoms with Crippen LogP contribution in [0.15, 0.2) is 0 Å². The number of rotatable bonds is 2. The van der Waals surface area contributed by atoms with Crippen molar-refractivity contribution in [3.05, 3.63) is 0 Å². The summed E-state index contributed by atoms with van der Waals surface area (Å²) in [5.41, 5.74) is 0.327. The second-order valence-electron chi connectivity index (χ2n) is 8.47. The van der Waals surface area contributed by atoms with Crippen molar-refractivity contribution in [1.29, 1.82) is 0 Å². The molecule has 4 heteroatoms. The van der Waals surface area contributed by atoms with Gasteiger partial charge in [0.2, 0.25) is 5.91 Å². The molecule has 0 radical (unpaired) electrons. The van der Waals surface area contributed by atoms with Crippen LogP contribution in [0.4, 0.5) is 0 Å². The minimum atomic E-state index is 0.327. The van der Waals surface area contributed by atoms with Crippen molar-refractivity contribution in [1.82, 2.24) is 9.80 Å². The summed E-state index contributed by atoms with van der Waals surface area (Å²) < 4.78 is 0.374. The van der Waals surface area contributed by atoms with Crippen molar-refractivity contribution in [2.45, 2.75) is 49.3 Å². The van der Waals surface area contributed by atoms with Gasteiger partial charge in [-0.05, 0) is 62.8 Å². The van der Waals surface area contributed by atoms with E-state index < -0.39 is 0 Å². The predicted molar refractivity (Wildman–Crippen MR) is 87.5 cm³/mol. The van der Waals surface area contributed by atoms with Gasteiger partial charge in [-0.1, -0.05) is 15.9 Å². The lowest BCUT2D eigenvalue weighted by atomic mass is 9.48. The molecule has 4 bridgehead atoms. The molecule has 0 spiro atoms. The third kappa shape index (κ3) is 2.67. The van der Waals surface area contributed by atoms with Gasteiger partial charge in [-0.2, -0.15) is 0 Å². The first-order valence-corrected chi connectivity index (χ1v) is 9.40. The van der Waals surface area contributed by atoms with E-state index in [0.717, 1.165) is 44.4 Å². The Balaban J connectivity index is 1.45. The predicted octanol–water partition coefficient (Wildman–Crippen LogP) is 2.88. The molecule has 1 aliphatic heterocycles. The molecule has 0 N–H and O–H groups in total. The Kier molecular flexibility index (Phi) is 3.42. The Labute approximate surface area is 136 Å². The van der Waals surface area contributed by atoms with Crippen LogP contribution >= 0.6 is 15.9 Å². The van der Waals surface area contributed by atoms with E-state index in [-0.39, 0.29) is 0 Å². The molecule has 4 aliphatic carbocycles. The zero-order chi connectivity index (χ0) is 14.7. The van der Waals surface area contributed by atoms with Crippen LogP contribution < -0.4 is 0 Å². The molecule has 5 rings (SSSR count). The molecule has 0 aromatic rings. The summed E-state index contributed by atoms with van der Waals surface area (Å²) in [4.78, 5) is 17.2. The molecular weight excluding hydrogens is 328 g/mol. The summed E-state index contributed by atoms with van der Waals surface area (Å²) in [7, 11) is 2.15. The molecule has 3 nitrogen and oxygen atoms in total. The number of carbonyl (C=O) groups is 1. The lowest BCUT2D eigenvalue weighted by Gasteiger charge is -2.60. The Bertz CT molecular complexity index is 430. The number of alkyl halides is 1. The number of halogens is 1. The zero-order valence-electron chi connectivity index (χ0n) is 13.1. The number of likely N-dealkylation sites (N-methyl/N-ethyl adjacent to an activating group) is 1. The fourth-order valence-corrected chi connectivity index (χ4v) is 7.54. The summed E-state index contributed by atoms with van der Waals surface area (Å²) in [5.74, 6) is 2.19. The summed E-state index contributed by atoms with van der Waals surface area (Å²) >= 11 is 4.05. The molecule has 2 atom stereocenters. The lowest BCUT2D eigenvalue weighted by Crippen LogP contribution is -2.55. The molecule has 2 unspecified atom stereocenters. The normalized spacial score (nSPS) is 46.1. The van der Waals surface area contributed by atoms with Crippen LogP contribution in [0.5, 0.6) is 0 Å². The lowest BCUT2D eigenvalue weighted by molar-refractivity contribution is -0.139. The van der Waals surface area contributed by atoms with Gasteiger partial charge in [-0.25, -0.2) is 0 Å². The van der Waals surface area contributed by atoms with E-state index in [1.54, 1.807) is 0 Å². The first-order chi connectivity index (χ1) is 9.95. The third-order valence-electron chi connectivity index (χ3n) is 6.49. The maximum atomic E-state index is 12.8. The van der Waals surface area contributed by atoms with E-state index in [4.69, 9.17) is 0 Å². The topological polar surface area (TPSA) is 23.6 Å². The van der Waals surface area contributed by atoms with Gasteiger partial charge in [0.05, 0.1) is 0 Å². The molecule has 4 saturated carbocycles. The van der Waals surface area contributed by atoms with Gasteiger partial charge < -0.3 is 9.80 Å². The zero-order valence-corrected chi connectivity index (χ0v) is 14.7. The fraction of sp³-hybridized carbons (Fsp3) is 0.941. The molecule has 21 heavy (non-hydrogen) atoms. The third-order valence-corrected chi connectivity index (χ3v) is 7.42. The molecule has 5 fully saturated rings. The fourth-order valence-electron chi connectivity index (χ4n) is 6.03. The van der Waals surface area contributed by atoms with Crippen LogP contribution in [0, 0.1) is 17.3 Å². The van der Waals surface area contributed by atoms with Crippen molar-refractivity contribution >= 4 is 21.8 Å².